The molecule has 0 N–H and O–H groups in total. The van der Waals surface area contributed by atoms with Crippen LogP contribution in [0.3, 0.4) is 0 Å². The molecule has 1 aromatic rings. The van der Waals surface area contributed by atoms with Crippen molar-refractivity contribution in [3.63, 3.8) is 0 Å². The quantitative estimate of drug-likeness (QED) is 0.775. The maximum atomic E-state index is 13.3. The largest absolute Gasteiger partial charge is 0.345 e. The number of hydrogen-bond acceptors (Lipinski definition) is 3. The zero-order valence-electron chi connectivity index (χ0n) is 8.87. The van der Waals surface area contributed by atoms with Gasteiger partial charge in [-0.15, -0.1) is 0 Å². The Kier molecular flexibility index (Phi) is 3.73. The fourth-order valence-corrected chi connectivity index (χ4v) is 2.03. The molecule has 4 nitrogen and oxygen atoms in total. The van der Waals surface area contributed by atoms with Crippen LogP contribution in [-0.4, -0.2) is 33.3 Å². The summed E-state index contributed by atoms with van der Waals surface area (Å²) in [5, 5.41) is 0. The molecule has 0 fully saturated rings. The highest BCUT2D eigenvalue weighted by Crippen LogP contribution is 2.23. The van der Waals surface area contributed by atoms with Gasteiger partial charge < -0.3 is 4.90 Å². The minimum atomic E-state index is -4.37. The molecule has 0 aliphatic rings. The number of amides is 1. The molecule has 0 unspecified atom stereocenters. The Labute approximate surface area is 101 Å². The second-order valence-corrected chi connectivity index (χ2v) is 5.93. The Morgan fingerprint density at radius 2 is 1.76 bits per heavy atom. The van der Waals surface area contributed by atoms with Gasteiger partial charge in [0.25, 0.3) is 15.0 Å². The molecule has 0 bridgehead atoms. The SMILES string of the molecule is CN(C)C(=O)c1cc(S(=O)(=O)Cl)c(F)cc1F. The van der Waals surface area contributed by atoms with Crippen LogP contribution in [0.4, 0.5) is 8.78 Å². The van der Waals surface area contributed by atoms with E-state index in [2.05, 4.69) is 0 Å². The van der Waals surface area contributed by atoms with Gasteiger partial charge in [-0.1, -0.05) is 0 Å². The van der Waals surface area contributed by atoms with E-state index in [9.17, 15) is 22.0 Å². The molecule has 8 heteroatoms. The smallest absolute Gasteiger partial charge is 0.264 e. The van der Waals surface area contributed by atoms with Gasteiger partial charge in [0.05, 0.1) is 5.56 Å². The van der Waals surface area contributed by atoms with Crippen LogP contribution in [0, 0.1) is 11.6 Å². The number of hydrogen-bond donors (Lipinski definition) is 0. The van der Waals surface area contributed by atoms with Crippen molar-refractivity contribution in [3.05, 3.63) is 29.3 Å². The number of halogens is 3. The molecule has 0 aromatic heterocycles. The first-order chi connectivity index (χ1) is 7.64. The van der Waals surface area contributed by atoms with E-state index in [1.165, 1.54) is 14.1 Å². The predicted octanol–water partition coefficient (Wildman–Crippen LogP) is 1.59. The first kappa shape index (κ1) is 13.9. The van der Waals surface area contributed by atoms with E-state index in [1.807, 2.05) is 0 Å². The van der Waals surface area contributed by atoms with Crippen LogP contribution in [0.2, 0.25) is 0 Å². The summed E-state index contributed by atoms with van der Waals surface area (Å²) in [5.74, 6) is -3.28. The molecule has 0 radical (unpaired) electrons. The molecular weight excluding hydrogens is 276 g/mol. The van der Waals surface area contributed by atoms with Gasteiger partial charge in [0, 0.05) is 30.8 Å². The van der Waals surface area contributed by atoms with Crippen LogP contribution >= 0.6 is 10.7 Å². The van der Waals surface area contributed by atoms with Gasteiger partial charge in [-0.3, -0.25) is 4.79 Å². The Morgan fingerprint density at radius 1 is 1.24 bits per heavy atom. The lowest BCUT2D eigenvalue weighted by molar-refractivity contribution is 0.0822. The Balaban J connectivity index is 3.50. The van der Waals surface area contributed by atoms with E-state index in [4.69, 9.17) is 10.7 Å². The molecule has 0 saturated heterocycles. The standard InChI is InChI=1S/C9H8ClF2NO3S/c1-13(2)9(14)5-3-8(17(10,15)16)7(12)4-6(5)11/h3-4H,1-2H3. The van der Waals surface area contributed by atoms with E-state index in [0.717, 1.165) is 4.90 Å². The van der Waals surface area contributed by atoms with Crippen LogP contribution in [-0.2, 0) is 9.05 Å². The Morgan fingerprint density at radius 3 is 2.18 bits per heavy atom. The summed E-state index contributed by atoms with van der Waals surface area (Å²) in [6.45, 7) is 0. The summed E-state index contributed by atoms with van der Waals surface area (Å²) in [4.78, 5) is 11.6. The van der Waals surface area contributed by atoms with Gasteiger partial charge in [-0.25, -0.2) is 17.2 Å². The third kappa shape index (κ3) is 2.92. The third-order valence-corrected chi connectivity index (χ3v) is 3.26. The van der Waals surface area contributed by atoms with Crippen molar-refractivity contribution in [2.45, 2.75) is 4.90 Å². The molecule has 0 aliphatic heterocycles. The van der Waals surface area contributed by atoms with E-state index in [0.29, 0.717) is 12.1 Å². The van der Waals surface area contributed by atoms with Crippen LogP contribution in [0.5, 0.6) is 0 Å². The van der Waals surface area contributed by atoms with Crippen molar-refractivity contribution >= 4 is 25.6 Å². The monoisotopic (exact) mass is 283 g/mol. The van der Waals surface area contributed by atoms with Crippen molar-refractivity contribution in [2.75, 3.05) is 14.1 Å². The van der Waals surface area contributed by atoms with E-state index < -0.39 is 37.1 Å². The highest BCUT2D eigenvalue weighted by atomic mass is 35.7. The molecule has 0 aliphatic carbocycles. The molecule has 0 saturated carbocycles. The van der Waals surface area contributed by atoms with Crippen LogP contribution < -0.4 is 0 Å². The summed E-state index contributed by atoms with van der Waals surface area (Å²) in [6, 6.07) is 0.890. The number of carbonyl (C=O) groups is 1. The lowest BCUT2D eigenvalue weighted by Crippen LogP contribution is -2.23. The number of carbonyl (C=O) groups excluding carboxylic acids is 1. The first-order valence-corrected chi connectivity index (χ1v) is 6.61. The van der Waals surface area contributed by atoms with Crippen molar-refractivity contribution in [2.24, 2.45) is 0 Å². The maximum absolute atomic E-state index is 13.3. The van der Waals surface area contributed by atoms with E-state index >= 15 is 0 Å². The molecule has 0 spiro atoms. The average Bonchev–Trinajstić information content (AvgIpc) is 2.14. The Bertz CT molecular complexity index is 572. The summed E-state index contributed by atoms with van der Waals surface area (Å²) in [5.41, 5.74) is -0.560. The van der Waals surface area contributed by atoms with E-state index in [-0.39, 0.29) is 0 Å². The zero-order valence-corrected chi connectivity index (χ0v) is 10.4. The minimum Gasteiger partial charge on any atom is -0.345 e. The zero-order chi connectivity index (χ0) is 13.4. The van der Waals surface area contributed by atoms with Gasteiger partial charge in [0.2, 0.25) is 0 Å². The molecule has 1 rings (SSSR count). The normalized spacial score (nSPS) is 11.4. The molecule has 94 valence electrons. The first-order valence-electron chi connectivity index (χ1n) is 4.30. The highest BCUT2D eigenvalue weighted by molar-refractivity contribution is 8.13. The van der Waals surface area contributed by atoms with Gasteiger partial charge in [0.1, 0.15) is 16.5 Å². The summed E-state index contributed by atoms with van der Waals surface area (Å²) in [6.07, 6.45) is 0. The lowest BCUT2D eigenvalue weighted by atomic mass is 10.2. The van der Waals surface area contributed by atoms with Crippen molar-refractivity contribution in [3.8, 4) is 0 Å². The van der Waals surface area contributed by atoms with E-state index in [1.54, 1.807) is 0 Å². The van der Waals surface area contributed by atoms with Crippen LogP contribution in [0.15, 0.2) is 17.0 Å². The fourth-order valence-electron chi connectivity index (χ4n) is 1.12. The predicted molar refractivity (Wildman–Crippen MR) is 57.4 cm³/mol. The summed E-state index contributed by atoms with van der Waals surface area (Å²) < 4.78 is 48.4. The van der Waals surface area contributed by atoms with Gasteiger partial charge >= 0.3 is 0 Å². The third-order valence-electron chi connectivity index (χ3n) is 1.92. The Hall–Kier alpha value is -1.21. The minimum absolute atomic E-state index is 0.312. The lowest BCUT2D eigenvalue weighted by Gasteiger charge is -2.11. The summed E-state index contributed by atoms with van der Waals surface area (Å²) in [7, 11) is 3.28. The molecule has 1 aromatic carbocycles. The molecule has 17 heavy (non-hydrogen) atoms. The maximum Gasteiger partial charge on any atom is 0.264 e. The van der Waals surface area contributed by atoms with Gasteiger partial charge in [-0.2, -0.15) is 0 Å². The van der Waals surface area contributed by atoms with Crippen LogP contribution in [0.1, 0.15) is 10.4 Å². The number of nitrogens with zero attached hydrogens (tertiary/aromatic N) is 1. The van der Waals surface area contributed by atoms with Crippen molar-refractivity contribution in [1.82, 2.24) is 4.90 Å². The van der Waals surface area contributed by atoms with Crippen molar-refractivity contribution < 1.29 is 22.0 Å². The molecule has 0 heterocycles. The average molecular weight is 284 g/mol. The summed E-state index contributed by atoms with van der Waals surface area (Å²) >= 11 is 0. The second-order valence-electron chi connectivity index (χ2n) is 3.40. The number of benzene rings is 1. The topological polar surface area (TPSA) is 54.5 Å². The molecular formula is C9H8ClF2NO3S. The van der Waals surface area contributed by atoms with Gasteiger partial charge in [0.15, 0.2) is 0 Å². The fraction of sp³-hybridized carbons (Fsp3) is 0.222. The highest BCUT2D eigenvalue weighted by Gasteiger charge is 2.23. The van der Waals surface area contributed by atoms with Gasteiger partial charge in [-0.05, 0) is 6.07 Å². The van der Waals surface area contributed by atoms with Crippen LogP contribution in [0.25, 0.3) is 0 Å². The molecule has 1 amide bonds. The number of rotatable bonds is 2. The second kappa shape index (κ2) is 4.58. The van der Waals surface area contributed by atoms with Crippen molar-refractivity contribution in [1.29, 1.82) is 0 Å². The molecule has 0 atom stereocenters.